The van der Waals surface area contributed by atoms with Gasteiger partial charge in [0.25, 0.3) is 0 Å². The third-order valence-corrected chi connectivity index (χ3v) is 6.08. The van der Waals surface area contributed by atoms with Crippen molar-refractivity contribution in [2.75, 3.05) is 0 Å². The Morgan fingerprint density at radius 2 is 0.625 bits per heavy atom. The van der Waals surface area contributed by atoms with E-state index in [1.807, 2.05) is 0 Å². The van der Waals surface area contributed by atoms with Crippen molar-refractivity contribution in [2.24, 2.45) is 0 Å². The summed E-state index contributed by atoms with van der Waals surface area (Å²) in [5, 5.41) is 0. The predicted octanol–water partition coefficient (Wildman–Crippen LogP) is 6.59. The van der Waals surface area contributed by atoms with Crippen LogP contribution in [0.2, 0.25) is 0 Å². The first kappa shape index (κ1) is 26.0. The molecule has 0 fully saturated rings. The highest BCUT2D eigenvalue weighted by Crippen LogP contribution is 2.39. The van der Waals surface area contributed by atoms with Crippen molar-refractivity contribution in [3.63, 3.8) is 0 Å². The van der Waals surface area contributed by atoms with E-state index in [1.165, 1.54) is 12.1 Å². The maximum absolute atomic E-state index is 13.6. The molecule has 0 amide bonds. The minimum Gasteiger partial charge on any atom is -0.418 e. The molecule has 5 rings (SSSR count). The van der Waals surface area contributed by atoms with E-state index in [9.17, 15) is 19.2 Å². The van der Waals surface area contributed by atoms with Gasteiger partial charge in [-0.1, -0.05) is 97.1 Å². The number of carbonyl (C=O) groups is 4. The van der Waals surface area contributed by atoms with E-state index in [4.69, 9.17) is 9.47 Å². The fourth-order valence-corrected chi connectivity index (χ4v) is 4.06. The first-order valence-corrected chi connectivity index (χ1v) is 12.4. The highest BCUT2D eigenvalue weighted by Gasteiger charge is 2.29. The van der Waals surface area contributed by atoms with E-state index in [-0.39, 0.29) is 33.8 Å². The maximum atomic E-state index is 13.6. The Hall–Kier alpha value is -5.62. The highest BCUT2D eigenvalue weighted by molar-refractivity contribution is 6.16. The average molecular weight is 527 g/mol. The lowest BCUT2D eigenvalue weighted by atomic mass is 9.96. The minimum absolute atomic E-state index is 0.0454. The molecule has 194 valence electrons. The maximum Gasteiger partial charge on any atom is 0.343 e. The van der Waals surface area contributed by atoms with Gasteiger partial charge in [-0.25, -0.2) is 9.59 Å². The Labute approximate surface area is 230 Å². The number of ketones is 2. The lowest BCUT2D eigenvalue weighted by Crippen LogP contribution is -2.18. The summed E-state index contributed by atoms with van der Waals surface area (Å²) in [4.78, 5) is 53.7. The van der Waals surface area contributed by atoms with E-state index in [2.05, 4.69) is 0 Å². The quantitative estimate of drug-likeness (QED) is 0.129. The molecule has 6 nitrogen and oxygen atoms in total. The molecule has 0 saturated heterocycles. The minimum atomic E-state index is -0.788. The number of rotatable bonds is 8. The second-order valence-electron chi connectivity index (χ2n) is 8.72. The number of carbonyl (C=O) groups excluding carboxylic acids is 4. The van der Waals surface area contributed by atoms with Crippen LogP contribution in [0.3, 0.4) is 0 Å². The largest absolute Gasteiger partial charge is 0.418 e. The van der Waals surface area contributed by atoms with Gasteiger partial charge in [0.05, 0.1) is 22.3 Å². The van der Waals surface area contributed by atoms with Gasteiger partial charge in [-0.15, -0.1) is 0 Å². The number of hydrogen-bond acceptors (Lipinski definition) is 6. The molecule has 0 unspecified atom stereocenters. The molecule has 0 heterocycles. The molecular weight excluding hydrogens is 504 g/mol. The lowest BCUT2D eigenvalue weighted by Gasteiger charge is -2.17. The van der Waals surface area contributed by atoms with Gasteiger partial charge in [-0.2, -0.15) is 0 Å². The summed E-state index contributed by atoms with van der Waals surface area (Å²) in [7, 11) is 0. The van der Waals surface area contributed by atoms with Crippen LogP contribution in [0.5, 0.6) is 11.5 Å². The Balaban J connectivity index is 1.70. The van der Waals surface area contributed by atoms with E-state index >= 15 is 0 Å². The van der Waals surface area contributed by atoms with Crippen LogP contribution in [-0.2, 0) is 0 Å². The molecule has 0 spiro atoms. The molecule has 40 heavy (non-hydrogen) atoms. The molecule has 0 N–H and O–H groups in total. The van der Waals surface area contributed by atoms with Crippen LogP contribution in [0.15, 0.2) is 133 Å². The molecule has 5 aromatic rings. The van der Waals surface area contributed by atoms with Crippen LogP contribution in [0.4, 0.5) is 0 Å². The summed E-state index contributed by atoms with van der Waals surface area (Å²) in [5.41, 5.74) is 0.970. The molecular formula is C34H22O6. The smallest absolute Gasteiger partial charge is 0.343 e. The Kier molecular flexibility index (Phi) is 7.69. The van der Waals surface area contributed by atoms with Crippen molar-refractivity contribution in [1.82, 2.24) is 0 Å². The van der Waals surface area contributed by atoms with Crippen molar-refractivity contribution < 1.29 is 28.7 Å². The summed E-state index contributed by atoms with van der Waals surface area (Å²) in [6, 6.07) is 35.9. The average Bonchev–Trinajstić information content (AvgIpc) is 3.02. The molecule has 0 aromatic heterocycles. The van der Waals surface area contributed by atoms with Crippen molar-refractivity contribution in [3.8, 4) is 11.5 Å². The molecule has 0 aliphatic rings. The van der Waals surface area contributed by atoms with Crippen LogP contribution in [0, 0.1) is 0 Å². The van der Waals surface area contributed by atoms with Gasteiger partial charge in [0.1, 0.15) is 0 Å². The normalized spacial score (nSPS) is 10.4. The fraction of sp³-hybridized carbons (Fsp3) is 0. The highest BCUT2D eigenvalue weighted by atomic mass is 16.6. The second kappa shape index (κ2) is 11.8. The summed E-state index contributed by atoms with van der Waals surface area (Å²) >= 11 is 0. The zero-order chi connectivity index (χ0) is 27.9. The van der Waals surface area contributed by atoms with E-state index in [0.717, 1.165) is 0 Å². The van der Waals surface area contributed by atoms with Crippen LogP contribution < -0.4 is 9.47 Å². The summed E-state index contributed by atoms with van der Waals surface area (Å²) in [6.07, 6.45) is 0. The van der Waals surface area contributed by atoms with Crippen LogP contribution >= 0.6 is 0 Å². The molecule has 0 saturated carbocycles. The third-order valence-electron chi connectivity index (χ3n) is 6.08. The Bertz CT molecular complexity index is 1550. The fourth-order valence-electron chi connectivity index (χ4n) is 4.06. The molecule has 5 aromatic carbocycles. The van der Waals surface area contributed by atoms with Gasteiger partial charge < -0.3 is 9.47 Å². The van der Waals surface area contributed by atoms with Gasteiger partial charge in [0, 0.05) is 11.1 Å². The third kappa shape index (κ3) is 5.61. The summed E-state index contributed by atoms with van der Waals surface area (Å²) in [5.74, 6) is -3.19. The van der Waals surface area contributed by atoms with Gasteiger partial charge in [-0.05, 0) is 36.4 Å². The standard InChI is InChI=1S/C34H22O6/c35-29(23-13-5-1-6-14-23)27-21-22-28(30(36)24-15-7-2-8-16-24)32(40-34(38)26-19-11-4-12-20-26)31(27)39-33(37)25-17-9-3-10-18-25/h1-22H. The lowest BCUT2D eigenvalue weighted by molar-refractivity contribution is 0.0677. The van der Waals surface area contributed by atoms with Crippen molar-refractivity contribution in [3.05, 3.63) is 167 Å². The van der Waals surface area contributed by atoms with E-state index in [1.54, 1.807) is 121 Å². The number of ether oxygens (including phenoxy) is 2. The van der Waals surface area contributed by atoms with Crippen LogP contribution in [0.1, 0.15) is 52.6 Å². The van der Waals surface area contributed by atoms with Crippen molar-refractivity contribution in [1.29, 1.82) is 0 Å². The van der Waals surface area contributed by atoms with Gasteiger partial charge in [-0.3, -0.25) is 9.59 Å². The van der Waals surface area contributed by atoms with Gasteiger partial charge >= 0.3 is 11.9 Å². The number of hydrogen-bond donors (Lipinski definition) is 0. The van der Waals surface area contributed by atoms with Crippen LogP contribution in [-0.4, -0.2) is 23.5 Å². The number of esters is 2. The monoisotopic (exact) mass is 526 g/mol. The first-order valence-electron chi connectivity index (χ1n) is 12.4. The Morgan fingerprint density at radius 1 is 0.350 bits per heavy atom. The molecule has 0 aliphatic heterocycles. The molecule has 6 heteroatoms. The first-order chi connectivity index (χ1) is 19.5. The Morgan fingerprint density at radius 3 is 0.925 bits per heavy atom. The summed E-state index contributed by atoms with van der Waals surface area (Å²) < 4.78 is 11.6. The molecule has 0 atom stereocenters. The summed E-state index contributed by atoms with van der Waals surface area (Å²) in [6.45, 7) is 0. The predicted molar refractivity (Wildman–Crippen MR) is 149 cm³/mol. The van der Waals surface area contributed by atoms with Crippen molar-refractivity contribution >= 4 is 23.5 Å². The van der Waals surface area contributed by atoms with Crippen molar-refractivity contribution in [2.45, 2.75) is 0 Å². The second-order valence-corrected chi connectivity index (χ2v) is 8.72. The van der Waals surface area contributed by atoms with Gasteiger partial charge in [0.2, 0.25) is 0 Å². The van der Waals surface area contributed by atoms with Crippen LogP contribution in [0.25, 0.3) is 0 Å². The number of benzene rings is 5. The molecule has 0 bridgehead atoms. The topological polar surface area (TPSA) is 86.7 Å². The molecule has 0 radical (unpaired) electrons. The van der Waals surface area contributed by atoms with E-state index in [0.29, 0.717) is 11.1 Å². The molecule has 0 aliphatic carbocycles. The SMILES string of the molecule is O=C(Oc1c(C(=O)c2ccccc2)ccc(C(=O)c2ccccc2)c1OC(=O)c1ccccc1)c1ccccc1. The van der Waals surface area contributed by atoms with Gasteiger partial charge in [0.15, 0.2) is 23.1 Å². The van der Waals surface area contributed by atoms with E-state index < -0.39 is 23.5 Å². The zero-order valence-electron chi connectivity index (χ0n) is 21.2. The zero-order valence-corrected chi connectivity index (χ0v) is 21.2.